The molecule has 0 saturated carbocycles. The molecule has 0 aliphatic heterocycles. The van der Waals surface area contributed by atoms with Crippen LogP contribution in [-0.2, 0) is 4.74 Å². The van der Waals surface area contributed by atoms with Gasteiger partial charge in [0.25, 0.3) is 0 Å². The normalized spacial score (nSPS) is 12.4. The number of furan rings is 1. The zero-order valence-corrected chi connectivity index (χ0v) is 11.3. The first kappa shape index (κ1) is 13.6. The quantitative estimate of drug-likeness (QED) is 0.812. The lowest BCUT2D eigenvalue weighted by Gasteiger charge is -2.15. The molecule has 0 bridgehead atoms. The molecule has 0 amide bonds. The summed E-state index contributed by atoms with van der Waals surface area (Å²) in [6.45, 7) is 2.95. The largest absolute Gasteiger partial charge is 0.491 e. The second-order valence-electron chi connectivity index (χ2n) is 4.35. The van der Waals surface area contributed by atoms with E-state index in [9.17, 15) is 0 Å². The van der Waals surface area contributed by atoms with Crippen molar-refractivity contribution in [3.63, 3.8) is 0 Å². The first-order chi connectivity index (χ1) is 9.22. The van der Waals surface area contributed by atoms with Crippen molar-refractivity contribution in [1.82, 2.24) is 0 Å². The molecule has 102 valence electrons. The SMILES string of the molecule is COCCOc1ccccc1C(N)c1coc(C)c1. The monoisotopic (exact) mass is 261 g/mol. The third-order valence-electron chi connectivity index (χ3n) is 2.91. The van der Waals surface area contributed by atoms with Gasteiger partial charge in [0.05, 0.1) is 18.9 Å². The van der Waals surface area contributed by atoms with Crippen LogP contribution in [0.15, 0.2) is 41.0 Å². The molecule has 2 N–H and O–H groups in total. The molecule has 1 aromatic heterocycles. The number of nitrogens with two attached hydrogens (primary N) is 1. The smallest absolute Gasteiger partial charge is 0.124 e. The van der Waals surface area contributed by atoms with Crippen molar-refractivity contribution in [2.45, 2.75) is 13.0 Å². The predicted octanol–water partition coefficient (Wildman–Crippen LogP) is 2.66. The van der Waals surface area contributed by atoms with Crippen molar-refractivity contribution < 1.29 is 13.9 Å². The van der Waals surface area contributed by atoms with E-state index >= 15 is 0 Å². The molecule has 0 fully saturated rings. The highest BCUT2D eigenvalue weighted by molar-refractivity contribution is 5.40. The van der Waals surface area contributed by atoms with Gasteiger partial charge in [-0.25, -0.2) is 0 Å². The van der Waals surface area contributed by atoms with E-state index < -0.39 is 0 Å². The van der Waals surface area contributed by atoms with Crippen LogP contribution in [0.5, 0.6) is 5.75 Å². The first-order valence-corrected chi connectivity index (χ1v) is 6.23. The lowest BCUT2D eigenvalue weighted by Crippen LogP contribution is -2.14. The Morgan fingerprint density at radius 3 is 2.74 bits per heavy atom. The molecule has 2 aromatic rings. The van der Waals surface area contributed by atoms with E-state index in [1.54, 1.807) is 13.4 Å². The Morgan fingerprint density at radius 2 is 2.05 bits per heavy atom. The molecule has 4 nitrogen and oxygen atoms in total. The molecule has 1 unspecified atom stereocenters. The highest BCUT2D eigenvalue weighted by atomic mass is 16.5. The summed E-state index contributed by atoms with van der Waals surface area (Å²) < 4.78 is 16.0. The van der Waals surface area contributed by atoms with Crippen LogP contribution in [0.25, 0.3) is 0 Å². The molecular formula is C15H19NO3. The topological polar surface area (TPSA) is 57.6 Å². The Morgan fingerprint density at radius 1 is 1.26 bits per heavy atom. The van der Waals surface area contributed by atoms with E-state index in [-0.39, 0.29) is 6.04 Å². The number of hydrogen-bond donors (Lipinski definition) is 1. The van der Waals surface area contributed by atoms with Gasteiger partial charge in [-0.2, -0.15) is 0 Å². The maximum atomic E-state index is 6.26. The van der Waals surface area contributed by atoms with Crippen LogP contribution < -0.4 is 10.5 Å². The summed E-state index contributed by atoms with van der Waals surface area (Å²) in [5.74, 6) is 1.63. The molecule has 0 radical (unpaired) electrons. The second-order valence-corrected chi connectivity index (χ2v) is 4.35. The lowest BCUT2D eigenvalue weighted by molar-refractivity contribution is 0.145. The Hall–Kier alpha value is -1.78. The number of benzene rings is 1. The van der Waals surface area contributed by atoms with Crippen LogP contribution in [0.2, 0.25) is 0 Å². The van der Waals surface area contributed by atoms with Crippen molar-refractivity contribution in [1.29, 1.82) is 0 Å². The van der Waals surface area contributed by atoms with E-state index in [1.165, 1.54) is 0 Å². The number of ether oxygens (including phenoxy) is 2. The maximum Gasteiger partial charge on any atom is 0.124 e. The van der Waals surface area contributed by atoms with Gasteiger partial charge in [-0.1, -0.05) is 18.2 Å². The van der Waals surface area contributed by atoms with Gasteiger partial charge in [0.15, 0.2) is 0 Å². The highest BCUT2D eigenvalue weighted by Crippen LogP contribution is 2.29. The van der Waals surface area contributed by atoms with Gasteiger partial charge >= 0.3 is 0 Å². The molecule has 0 aliphatic rings. The van der Waals surface area contributed by atoms with Crippen molar-refractivity contribution >= 4 is 0 Å². The van der Waals surface area contributed by atoms with E-state index in [2.05, 4.69) is 0 Å². The Labute approximate surface area is 113 Å². The summed E-state index contributed by atoms with van der Waals surface area (Å²) in [7, 11) is 1.65. The fraction of sp³-hybridized carbons (Fsp3) is 0.333. The number of hydrogen-bond acceptors (Lipinski definition) is 4. The maximum absolute atomic E-state index is 6.26. The predicted molar refractivity (Wildman–Crippen MR) is 73.3 cm³/mol. The minimum Gasteiger partial charge on any atom is -0.491 e. The summed E-state index contributed by atoms with van der Waals surface area (Å²) in [6, 6.07) is 9.45. The summed E-state index contributed by atoms with van der Waals surface area (Å²) in [6.07, 6.45) is 1.69. The molecule has 1 aromatic carbocycles. The fourth-order valence-corrected chi connectivity index (χ4v) is 1.91. The zero-order valence-electron chi connectivity index (χ0n) is 11.3. The standard InChI is InChI=1S/C15H19NO3/c1-11-9-12(10-19-11)15(16)13-5-3-4-6-14(13)18-8-7-17-2/h3-6,9-10,15H,7-8,16H2,1-2H3. The first-order valence-electron chi connectivity index (χ1n) is 6.23. The summed E-state index contributed by atoms with van der Waals surface area (Å²) in [4.78, 5) is 0. The van der Waals surface area contributed by atoms with E-state index in [1.807, 2.05) is 37.3 Å². The highest BCUT2D eigenvalue weighted by Gasteiger charge is 2.15. The summed E-state index contributed by atoms with van der Waals surface area (Å²) in [5, 5.41) is 0. The van der Waals surface area contributed by atoms with Gasteiger partial charge in [0.1, 0.15) is 18.1 Å². The van der Waals surface area contributed by atoms with Crippen LogP contribution in [0, 0.1) is 6.92 Å². The number of para-hydroxylation sites is 1. The Bertz CT molecular complexity index is 522. The molecule has 1 atom stereocenters. The molecule has 0 aliphatic carbocycles. The fourth-order valence-electron chi connectivity index (χ4n) is 1.91. The van der Waals surface area contributed by atoms with Crippen LogP contribution in [0.3, 0.4) is 0 Å². The summed E-state index contributed by atoms with van der Waals surface area (Å²) >= 11 is 0. The van der Waals surface area contributed by atoms with Crippen molar-refractivity contribution in [2.24, 2.45) is 5.73 Å². The number of methoxy groups -OCH3 is 1. The van der Waals surface area contributed by atoms with Crippen LogP contribution in [-0.4, -0.2) is 20.3 Å². The second kappa shape index (κ2) is 6.41. The van der Waals surface area contributed by atoms with Crippen molar-refractivity contribution in [3.8, 4) is 5.75 Å². The van der Waals surface area contributed by atoms with E-state index in [4.69, 9.17) is 19.6 Å². The van der Waals surface area contributed by atoms with Crippen molar-refractivity contribution in [2.75, 3.05) is 20.3 Å². The van der Waals surface area contributed by atoms with E-state index in [0.29, 0.717) is 13.2 Å². The molecular weight excluding hydrogens is 242 g/mol. The molecule has 1 heterocycles. The average molecular weight is 261 g/mol. The molecule has 0 spiro atoms. The Balaban J connectivity index is 2.18. The van der Waals surface area contributed by atoms with Crippen LogP contribution >= 0.6 is 0 Å². The number of aryl methyl sites for hydroxylation is 1. The van der Waals surface area contributed by atoms with E-state index in [0.717, 1.165) is 22.6 Å². The number of rotatable bonds is 6. The summed E-state index contributed by atoms with van der Waals surface area (Å²) in [5.41, 5.74) is 8.15. The van der Waals surface area contributed by atoms with Gasteiger partial charge in [-0.05, 0) is 19.1 Å². The minimum absolute atomic E-state index is 0.254. The molecule has 4 heteroatoms. The molecule has 19 heavy (non-hydrogen) atoms. The minimum atomic E-state index is -0.254. The molecule has 2 rings (SSSR count). The third kappa shape index (κ3) is 3.36. The van der Waals surface area contributed by atoms with Crippen molar-refractivity contribution in [3.05, 3.63) is 53.5 Å². The van der Waals surface area contributed by atoms with Gasteiger partial charge in [-0.15, -0.1) is 0 Å². The lowest BCUT2D eigenvalue weighted by atomic mass is 10.0. The zero-order chi connectivity index (χ0) is 13.7. The van der Waals surface area contributed by atoms with Gasteiger partial charge in [0, 0.05) is 18.2 Å². The third-order valence-corrected chi connectivity index (χ3v) is 2.91. The van der Waals surface area contributed by atoms with Gasteiger partial charge in [-0.3, -0.25) is 0 Å². The Kier molecular flexibility index (Phi) is 4.60. The van der Waals surface area contributed by atoms with Gasteiger partial charge < -0.3 is 19.6 Å². The van der Waals surface area contributed by atoms with Crippen LogP contribution in [0.1, 0.15) is 22.9 Å². The average Bonchev–Trinajstić information content (AvgIpc) is 2.85. The van der Waals surface area contributed by atoms with Crippen LogP contribution in [0.4, 0.5) is 0 Å². The van der Waals surface area contributed by atoms with Gasteiger partial charge in [0.2, 0.25) is 0 Å². The molecule has 0 saturated heterocycles.